The first-order valence-corrected chi connectivity index (χ1v) is 10.6. The molecule has 0 bridgehead atoms. The summed E-state index contributed by atoms with van der Waals surface area (Å²) >= 11 is 1.26. The van der Waals surface area contributed by atoms with Crippen LogP contribution in [0.5, 0.6) is 0 Å². The van der Waals surface area contributed by atoms with E-state index in [0.29, 0.717) is 5.17 Å². The Morgan fingerprint density at radius 3 is 2.62 bits per heavy atom. The number of carbonyl (C=O) groups is 2. The number of carbonyl (C=O) groups excluding carboxylic acids is 1. The van der Waals surface area contributed by atoms with Crippen LogP contribution in [-0.4, -0.2) is 66.6 Å². The Morgan fingerprint density at radius 2 is 1.96 bits per heavy atom. The number of aliphatic carboxylic acids is 1. The summed E-state index contributed by atoms with van der Waals surface area (Å²) in [6.07, 6.45) is 0. The van der Waals surface area contributed by atoms with Crippen LogP contribution in [0.25, 0.3) is 0 Å². The first-order valence-electron chi connectivity index (χ1n) is 7.89. The summed E-state index contributed by atoms with van der Waals surface area (Å²) in [6.45, 7) is 0.935. The molecular weight excluding hydrogens is 380 g/mol. The van der Waals surface area contributed by atoms with Crippen LogP contribution < -0.4 is 4.90 Å². The molecule has 2 saturated heterocycles. The number of ether oxygens (including phenoxy) is 1. The minimum atomic E-state index is -3.12. The van der Waals surface area contributed by atoms with Crippen LogP contribution in [-0.2, 0) is 24.2 Å². The van der Waals surface area contributed by atoms with Crippen molar-refractivity contribution in [3.05, 3.63) is 29.8 Å². The summed E-state index contributed by atoms with van der Waals surface area (Å²) in [7, 11) is -3.12. The van der Waals surface area contributed by atoms with E-state index in [-0.39, 0.29) is 22.8 Å². The van der Waals surface area contributed by atoms with Crippen LogP contribution >= 0.6 is 11.8 Å². The third kappa shape index (κ3) is 4.25. The number of hydrogen-bond acceptors (Lipinski definition) is 6. The molecule has 0 spiro atoms. The molecule has 2 aliphatic rings. The molecule has 2 atom stereocenters. The predicted octanol–water partition coefficient (Wildman–Crippen LogP) is 0.698. The van der Waals surface area contributed by atoms with Gasteiger partial charge in [-0.3, -0.25) is 4.79 Å². The van der Waals surface area contributed by atoms with Crippen molar-refractivity contribution in [2.45, 2.75) is 18.2 Å². The second-order valence-corrected chi connectivity index (χ2v) is 9.54. The van der Waals surface area contributed by atoms with Crippen LogP contribution in [0.1, 0.15) is 5.56 Å². The summed E-state index contributed by atoms with van der Waals surface area (Å²) in [5.74, 6) is -1.70. The third-order valence-corrected chi connectivity index (χ3v) is 7.26. The van der Waals surface area contributed by atoms with Gasteiger partial charge in [0.15, 0.2) is 15.0 Å². The Balaban J connectivity index is 1.84. The van der Waals surface area contributed by atoms with Gasteiger partial charge in [-0.05, 0) is 19.1 Å². The number of hydrogen-bond donors (Lipinski definition) is 1. The zero-order chi connectivity index (χ0) is 18.9. The molecule has 26 heavy (non-hydrogen) atoms. The van der Waals surface area contributed by atoms with E-state index in [1.807, 2.05) is 31.2 Å². The molecule has 0 unspecified atom stereocenters. The van der Waals surface area contributed by atoms with E-state index < -0.39 is 34.9 Å². The number of thioether (sulfide) groups is 1. The van der Waals surface area contributed by atoms with Crippen LogP contribution in [0, 0.1) is 6.92 Å². The molecule has 10 heteroatoms. The SMILES string of the molecule is Cc1ccc(N2C(=NC(=O)COCC(=O)O)S[C@H]3CS(=O)(=O)C[C@H]32)cc1. The Bertz CT molecular complexity index is 850. The van der Waals surface area contributed by atoms with E-state index in [0.717, 1.165) is 11.3 Å². The van der Waals surface area contributed by atoms with Gasteiger partial charge in [0, 0.05) is 10.9 Å². The van der Waals surface area contributed by atoms with Crippen LogP contribution in [0.3, 0.4) is 0 Å². The van der Waals surface area contributed by atoms with E-state index in [4.69, 9.17) is 9.84 Å². The Labute approximate surface area is 155 Å². The number of anilines is 1. The molecule has 0 aromatic heterocycles. The maximum Gasteiger partial charge on any atom is 0.329 e. The molecule has 3 rings (SSSR count). The standard InChI is InChI=1S/C16H18N2O6S2/c1-10-2-4-11(5-3-10)18-12-8-26(22,23)9-13(12)25-16(18)17-14(19)6-24-7-15(20)21/h2-5,12-13H,6-9H2,1H3,(H,20,21)/t12-,13+/m1/s1. The fraction of sp³-hybridized carbons (Fsp3) is 0.438. The normalized spacial score (nSPS) is 25.4. The van der Waals surface area contributed by atoms with Crippen LogP contribution in [0.2, 0.25) is 0 Å². The number of aryl methyl sites for hydroxylation is 1. The number of carboxylic acids is 1. The topological polar surface area (TPSA) is 113 Å². The largest absolute Gasteiger partial charge is 0.480 e. The zero-order valence-electron chi connectivity index (χ0n) is 14.0. The molecule has 2 heterocycles. The molecule has 0 saturated carbocycles. The number of sulfone groups is 1. The maximum absolute atomic E-state index is 12.0. The number of carboxylic acid groups (broad SMARTS) is 1. The fourth-order valence-electron chi connectivity index (χ4n) is 2.94. The van der Waals surface area contributed by atoms with Crippen LogP contribution in [0.15, 0.2) is 29.3 Å². The lowest BCUT2D eigenvalue weighted by molar-refractivity contribution is -0.143. The quantitative estimate of drug-likeness (QED) is 0.771. The second kappa shape index (κ2) is 7.37. The lowest BCUT2D eigenvalue weighted by Crippen LogP contribution is -2.37. The van der Waals surface area contributed by atoms with Gasteiger partial charge in [-0.25, -0.2) is 13.2 Å². The number of amides is 1. The molecule has 1 N–H and O–H groups in total. The highest BCUT2D eigenvalue weighted by Gasteiger charge is 2.49. The molecule has 8 nitrogen and oxygen atoms in total. The highest BCUT2D eigenvalue weighted by molar-refractivity contribution is 8.16. The minimum absolute atomic E-state index is 0.0151. The van der Waals surface area contributed by atoms with E-state index in [1.165, 1.54) is 11.8 Å². The first-order chi connectivity index (χ1) is 12.2. The molecular formula is C16H18N2O6S2. The number of rotatable bonds is 5. The summed E-state index contributed by atoms with van der Waals surface area (Å²) in [5.41, 5.74) is 1.83. The number of nitrogens with zero attached hydrogens (tertiary/aromatic N) is 2. The monoisotopic (exact) mass is 398 g/mol. The summed E-state index contributed by atoms with van der Waals surface area (Å²) in [6, 6.07) is 7.27. The van der Waals surface area contributed by atoms with E-state index >= 15 is 0 Å². The summed E-state index contributed by atoms with van der Waals surface area (Å²) < 4.78 is 28.7. The highest BCUT2D eigenvalue weighted by atomic mass is 32.2. The van der Waals surface area contributed by atoms with Crippen molar-refractivity contribution in [3.63, 3.8) is 0 Å². The molecule has 2 fully saturated rings. The predicted molar refractivity (Wildman–Crippen MR) is 98.4 cm³/mol. The number of aliphatic imine (C=N–C) groups is 1. The second-order valence-electron chi connectivity index (χ2n) is 6.18. The van der Waals surface area contributed by atoms with Crippen molar-refractivity contribution in [1.82, 2.24) is 0 Å². The van der Waals surface area contributed by atoms with Gasteiger partial charge >= 0.3 is 5.97 Å². The summed E-state index contributed by atoms with van der Waals surface area (Å²) in [4.78, 5) is 28.3. The molecule has 1 amide bonds. The van der Waals surface area contributed by atoms with Gasteiger partial charge < -0.3 is 14.7 Å². The van der Waals surface area contributed by atoms with Gasteiger partial charge in [0.05, 0.1) is 17.5 Å². The van der Waals surface area contributed by atoms with Gasteiger partial charge in [0.25, 0.3) is 5.91 Å². The lowest BCUT2D eigenvalue weighted by Gasteiger charge is -2.24. The average Bonchev–Trinajstić information content (AvgIpc) is 2.99. The molecule has 0 aliphatic carbocycles. The maximum atomic E-state index is 12.0. The number of benzene rings is 1. The van der Waals surface area contributed by atoms with Crippen molar-refractivity contribution >= 4 is 44.3 Å². The highest BCUT2D eigenvalue weighted by Crippen LogP contribution is 2.40. The molecule has 140 valence electrons. The Kier molecular flexibility index (Phi) is 5.35. The Morgan fingerprint density at radius 1 is 1.27 bits per heavy atom. The smallest absolute Gasteiger partial charge is 0.329 e. The van der Waals surface area contributed by atoms with E-state index in [9.17, 15) is 18.0 Å². The minimum Gasteiger partial charge on any atom is -0.480 e. The fourth-order valence-corrected chi connectivity index (χ4v) is 6.87. The molecule has 1 aromatic rings. The number of fused-ring (bicyclic) bond motifs is 1. The molecule has 1 aromatic carbocycles. The van der Waals surface area contributed by atoms with Crippen molar-refractivity contribution in [1.29, 1.82) is 0 Å². The average molecular weight is 398 g/mol. The van der Waals surface area contributed by atoms with Gasteiger partial charge in [-0.15, -0.1) is 0 Å². The first kappa shape index (κ1) is 18.9. The van der Waals surface area contributed by atoms with E-state index in [1.54, 1.807) is 4.90 Å². The van der Waals surface area contributed by atoms with Gasteiger partial charge in [-0.1, -0.05) is 29.5 Å². The van der Waals surface area contributed by atoms with Crippen molar-refractivity contribution in [2.24, 2.45) is 4.99 Å². The van der Waals surface area contributed by atoms with Crippen LogP contribution in [0.4, 0.5) is 5.69 Å². The van der Waals surface area contributed by atoms with Gasteiger partial charge in [0.2, 0.25) is 0 Å². The lowest BCUT2D eigenvalue weighted by atomic mass is 10.1. The van der Waals surface area contributed by atoms with Gasteiger partial charge in [0.1, 0.15) is 13.2 Å². The molecule has 0 radical (unpaired) electrons. The van der Waals surface area contributed by atoms with Crippen molar-refractivity contribution < 1.29 is 27.9 Å². The summed E-state index contributed by atoms with van der Waals surface area (Å²) in [5, 5.41) is 8.77. The van der Waals surface area contributed by atoms with Gasteiger partial charge in [-0.2, -0.15) is 4.99 Å². The van der Waals surface area contributed by atoms with Crippen molar-refractivity contribution in [2.75, 3.05) is 29.6 Å². The molecule has 2 aliphatic heterocycles. The Hall–Kier alpha value is -1.91. The zero-order valence-corrected chi connectivity index (χ0v) is 15.6. The number of amidine groups is 1. The third-order valence-electron chi connectivity index (χ3n) is 4.05. The van der Waals surface area contributed by atoms with Crippen molar-refractivity contribution in [3.8, 4) is 0 Å². The van der Waals surface area contributed by atoms with E-state index in [2.05, 4.69) is 4.99 Å².